The van der Waals surface area contributed by atoms with Crippen LogP contribution in [-0.4, -0.2) is 36.2 Å². The molecule has 0 radical (unpaired) electrons. The molecule has 1 aliphatic heterocycles. The second-order valence-electron chi connectivity index (χ2n) is 7.18. The van der Waals surface area contributed by atoms with Crippen LogP contribution >= 0.6 is 0 Å². The Morgan fingerprint density at radius 1 is 1.06 bits per heavy atom. The largest absolute Gasteiger partial charge is 0.490 e. The van der Waals surface area contributed by atoms with Crippen molar-refractivity contribution in [2.45, 2.75) is 12.5 Å². The zero-order valence-electron chi connectivity index (χ0n) is 16.7. The summed E-state index contributed by atoms with van der Waals surface area (Å²) in [6, 6.07) is 21.4. The van der Waals surface area contributed by atoms with Gasteiger partial charge in [0, 0.05) is 11.3 Å². The lowest BCUT2D eigenvalue weighted by Crippen LogP contribution is -2.35. The lowest BCUT2D eigenvalue weighted by Gasteiger charge is -2.27. The number of para-hydroxylation sites is 2. The number of carboxylic acid groups (broad SMARTS) is 1. The number of fused-ring (bicyclic) bond motifs is 1. The monoisotopic (exact) mass is 418 g/mol. The number of carbonyl (C=O) groups is 2. The summed E-state index contributed by atoms with van der Waals surface area (Å²) in [5, 5.41) is 15.0. The van der Waals surface area contributed by atoms with Crippen molar-refractivity contribution in [1.82, 2.24) is 0 Å². The van der Waals surface area contributed by atoms with E-state index < -0.39 is 5.97 Å². The second-order valence-corrected chi connectivity index (χ2v) is 7.18. The molecular formula is C24H22N2O5. The zero-order chi connectivity index (χ0) is 21.6. The van der Waals surface area contributed by atoms with Gasteiger partial charge in [-0.05, 0) is 54.1 Å². The maximum atomic E-state index is 12.5. The molecule has 31 heavy (non-hydrogen) atoms. The lowest BCUT2D eigenvalue weighted by molar-refractivity contribution is -0.136. The maximum absolute atomic E-state index is 12.5. The van der Waals surface area contributed by atoms with E-state index in [2.05, 4.69) is 10.6 Å². The van der Waals surface area contributed by atoms with E-state index in [4.69, 9.17) is 14.6 Å². The summed E-state index contributed by atoms with van der Waals surface area (Å²) in [4.78, 5) is 23.3. The number of anilines is 2. The highest BCUT2D eigenvalue weighted by Crippen LogP contribution is 2.28. The standard InChI is InChI=1S/C24H22N2O5/c27-23(28)13-16-4-3-5-18(12-16)26-24(29)17-8-10-19(11-9-17)30-15-20-14-25-21-6-1-2-7-22(21)31-20/h1-12,20,25H,13-15H2,(H,26,29)(H,27,28). The molecule has 0 aromatic heterocycles. The van der Waals surface area contributed by atoms with Crippen LogP contribution in [0.3, 0.4) is 0 Å². The van der Waals surface area contributed by atoms with Crippen LogP contribution in [0.2, 0.25) is 0 Å². The number of ether oxygens (including phenoxy) is 2. The van der Waals surface area contributed by atoms with E-state index in [0.29, 0.717) is 35.7 Å². The van der Waals surface area contributed by atoms with E-state index in [-0.39, 0.29) is 18.4 Å². The van der Waals surface area contributed by atoms with Crippen molar-refractivity contribution in [3.8, 4) is 11.5 Å². The molecule has 0 bridgehead atoms. The number of aliphatic carboxylic acids is 1. The molecule has 0 saturated carbocycles. The second kappa shape index (κ2) is 9.21. The first-order chi connectivity index (χ1) is 15.1. The van der Waals surface area contributed by atoms with Gasteiger partial charge in [-0.25, -0.2) is 0 Å². The lowest BCUT2D eigenvalue weighted by atomic mass is 10.1. The molecule has 1 heterocycles. The first kappa shape index (κ1) is 20.3. The molecule has 3 aromatic rings. The molecule has 7 heteroatoms. The fourth-order valence-corrected chi connectivity index (χ4v) is 3.28. The third-order valence-electron chi connectivity index (χ3n) is 4.79. The Hall–Kier alpha value is -4.00. The molecule has 3 aromatic carbocycles. The van der Waals surface area contributed by atoms with Crippen molar-refractivity contribution in [1.29, 1.82) is 0 Å². The Labute approximate surface area is 179 Å². The van der Waals surface area contributed by atoms with E-state index in [1.165, 1.54) is 0 Å². The van der Waals surface area contributed by atoms with Gasteiger partial charge in [-0.1, -0.05) is 24.3 Å². The first-order valence-electron chi connectivity index (χ1n) is 9.91. The molecule has 0 aliphatic carbocycles. The first-order valence-corrected chi connectivity index (χ1v) is 9.91. The van der Waals surface area contributed by atoms with Crippen LogP contribution in [0.4, 0.5) is 11.4 Å². The van der Waals surface area contributed by atoms with E-state index >= 15 is 0 Å². The number of rotatable bonds is 7. The summed E-state index contributed by atoms with van der Waals surface area (Å²) < 4.78 is 11.7. The normalized spacial score (nSPS) is 14.5. The van der Waals surface area contributed by atoms with Crippen LogP contribution < -0.4 is 20.1 Å². The van der Waals surface area contributed by atoms with Crippen molar-refractivity contribution in [2.24, 2.45) is 0 Å². The van der Waals surface area contributed by atoms with Crippen molar-refractivity contribution in [2.75, 3.05) is 23.8 Å². The van der Waals surface area contributed by atoms with Crippen LogP contribution in [0.25, 0.3) is 0 Å². The number of carbonyl (C=O) groups excluding carboxylic acids is 1. The summed E-state index contributed by atoms with van der Waals surface area (Å²) in [6.07, 6.45) is -0.211. The molecule has 1 atom stereocenters. The highest BCUT2D eigenvalue weighted by molar-refractivity contribution is 6.04. The Kier molecular flexibility index (Phi) is 6.03. The molecule has 0 spiro atoms. The Morgan fingerprint density at radius 3 is 2.68 bits per heavy atom. The number of carboxylic acids is 1. The SMILES string of the molecule is O=C(O)Cc1cccc(NC(=O)c2ccc(OCC3CNc4ccccc4O3)cc2)c1. The van der Waals surface area contributed by atoms with E-state index in [0.717, 1.165) is 11.4 Å². The van der Waals surface area contributed by atoms with Gasteiger partial charge in [-0.3, -0.25) is 9.59 Å². The minimum Gasteiger partial charge on any atom is -0.490 e. The summed E-state index contributed by atoms with van der Waals surface area (Å²) in [5.74, 6) is 0.248. The van der Waals surface area contributed by atoms with E-state index in [9.17, 15) is 9.59 Å². The molecular weight excluding hydrogens is 396 g/mol. The Morgan fingerprint density at radius 2 is 1.87 bits per heavy atom. The number of amides is 1. The maximum Gasteiger partial charge on any atom is 0.307 e. The van der Waals surface area contributed by atoms with Crippen molar-refractivity contribution >= 4 is 23.3 Å². The molecule has 3 N–H and O–H groups in total. The van der Waals surface area contributed by atoms with E-state index in [1.807, 2.05) is 24.3 Å². The van der Waals surface area contributed by atoms with Crippen LogP contribution in [0.5, 0.6) is 11.5 Å². The third-order valence-corrected chi connectivity index (χ3v) is 4.79. The van der Waals surface area contributed by atoms with Gasteiger partial charge in [-0.15, -0.1) is 0 Å². The Bertz CT molecular complexity index is 1080. The van der Waals surface area contributed by atoms with Gasteiger partial charge in [0.15, 0.2) is 0 Å². The van der Waals surface area contributed by atoms with Crippen LogP contribution in [0.1, 0.15) is 15.9 Å². The van der Waals surface area contributed by atoms with Gasteiger partial charge in [0.1, 0.15) is 24.2 Å². The highest BCUT2D eigenvalue weighted by atomic mass is 16.5. The quantitative estimate of drug-likeness (QED) is 0.540. The molecule has 1 aliphatic rings. The number of hydrogen-bond donors (Lipinski definition) is 3. The minimum absolute atomic E-state index is 0.0957. The topological polar surface area (TPSA) is 96.9 Å². The predicted octanol–water partition coefficient (Wildman–Crippen LogP) is 3.82. The van der Waals surface area contributed by atoms with Gasteiger partial charge >= 0.3 is 5.97 Å². The molecule has 1 amide bonds. The number of nitrogens with one attached hydrogen (secondary N) is 2. The molecule has 4 rings (SSSR count). The summed E-state index contributed by atoms with van der Waals surface area (Å²) in [6.45, 7) is 1.03. The predicted molar refractivity (Wildman–Crippen MR) is 117 cm³/mol. The van der Waals surface area contributed by atoms with Gasteiger partial charge in [0.2, 0.25) is 0 Å². The molecule has 7 nitrogen and oxygen atoms in total. The van der Waals surface area contributed by atoms with Gasteiger partial charge in [-0.2, -0.15) is 0 Å². The fraction of sp³-hybridized carbons (Fsp3) is 0.167. The number of benzene rings is 3. The highest BCUT2D eigenvalue weighted by Gasteiger charge is 2.19. The van der Waals surface area contributed by atoms with Gasteiger partial charge in [0.25, 0.3) is 5.91 Å². The number of hydrogen-bond acceptors (Lipinski definition) is 5. The van der Waals surface area contributed by atoms with E-state index in [1.54, 1.807) is 48.5 Å². The Balaban J connectivity index is 1.31. The summed E-state index contributed by atoms with van der Waals surface area (Å²) in [5.41, 5.74) is 2.62. The summed E-state index contributed by atoms with van der Waals surface area (Å²) in [7, 11) is 0. The fourth-order valence-electron chi connectivity index (χ4n) is 3.28. The minimum atomic E-state index is -0.919. The molecule has 0 saturated heterocycles. The van der Waals surface area contributed by atoms with Crippen molar-refractivity contribution in [3.63, 3.8) is 0 Å². The average Bonchev–Trinajstić information content (AvgIpc) is 2.77. The molecule has 0 fully saturated rings. The van der Waals surface area contributed by atoms with Crippen molar-refractivity contribution < 1.29 is 24.2 Å². The summed E-state index contributed by atoms with van der Waals surface area (Å²) >= 11 is 0. The zero-order valence-corrected chi connectivity index (χ0v) is 16.7. The van der Waals surface area contributed by atoms with Crippen LogP contribution in [0.15, 0.2) is 72.8 Å². The average molecular weight is 418 g/mol. The van der Waals surface area contributed by atoms with Gasteiger partial charge in [0.05, 0.1) is 18.7 Å². The third kappa shape index (κ3) is 5.33. The smallest absolute Gasteiger partial charge is 0.307 e. The van der Waals surface area contributed by atoms with Crippen LogP contribution in [0, 0.1) is 0 Å². The van der Waals surface area contributed by atoms with Gasteiger partial charge < -0.3 is 25.2 Å². The molecule has 1 unspecified atom stereocenters. The molecule has 158 valence electrons. The van der Waals surface area contributed by atoms with Crippen LogP contribution in [-0.2, 0) is 11.2 Å². The van der Waals surface area contributed by atoms with Crippen molar-refractivity contribution in [3.05, 3.63) is 83.9 Å².